The van der Waals surface area contributed by atoms with Gasteiger partial charge in [0.15, 0.2) is 0 Å². The number of amides is 2. The van der Waals surface area contributed by atoms with Gasteiger partial charge in [0.2, 0.25) is 0 Å². The normalized spacial score (nSPS) is 17.9. The Morgan fingerprint density at radius 3 is 2.76 bits per heavy atom. The van der Waals surface area contributed by atoms with Gasteiger partial charge in [0.05, 0.1) is 17.6 Å². The number of nitrogens with zero attached hydrogens (tertiary/aromatic N) is 1. The lowest BCUT2D eigenvalue weighted by molar-refractivity contribution is 0.262. The number of allylic oxidation sites excluding steroid dienone is 6. The van der Waals surface area contributed by atoms with E-state index in [2.05, 4.69) is 45.1 Å². The van der Waals surface area contributed by atoms with E-state index in [0.29, 0.717) is 11.6 Å². The average molecular weight is 332 g/mol. The Bertz CT molecular complexity index is 913. The molecular formula is C20H20N4O. The fourth-order valence-electron chi connectivity index (χ4n) is 3.29. The van der Waals surface area contributed by atoms with Gasteiger partial charge in [-0.15, -0.1) is 0 Å². The summed E-state index contributed by atoms with van der Waals surface area (Å²) in [5, 5.41) is 12.9. The minimum Gasteiger partial charge on any atom is -0.308 e. The topological polar surface area (TPSA) is 69.8 Å². The third kappa shape index (κ3) is 3.26. The summed E-state index contributed by atoms with van der Waals surface area (Å²) >= 11 is 0. The van der Waals surface area contributed by atoms with Gasteiger partial charge in [-0.3, -0.25) is 5.10 Å². The summed E-state index contributed by atoms with van der Waals surface area (Å²) < 4.78 is 0. The second kappa shape index (κ2) is 6.09. The van der Waals surface area contributed by atoms with Crippen molar-refractivity contribution in [1.29, 1.82) is 0 Å². The Kier molecular flexibility index (Phi) is 3.76. The zero-order valence-corrected chi connectivity index (χ0v) is 14.3. The van der Waals surface area contributed by atoms with E-state index in [-0.39, 0.29) is 6.03 Å². The lowest BCUT2D eigenvalue weighted by Crippen LogP contribution is -2.20. The van der Waals surface area contributed by atoms with Crippen molar-refractivity contribution >= 4 is 23.0 Å². The van der Waals surface area contributed by atoms with E-state index in [1.165, 1.54) is 5.57 Å². The van der Waals surface area contributed by atoms with E-state index in [1.807, 2.05) is 32.1 Å². The van der Waals surface area contributed by atoms with Gasteiger partial charge >= 0.3 is 6.03 Å². The molecule has 126 valence electrons. The van der Waals surface area contributed by atoms with Gasteiger partial charge < -0.3 is 10.6 Å². The van der Waals surface area contributed by atoms with Gasteiger partial charge in [0.1, 0.15) is 0 Å². The minimum absolute atomic E-state index is 0.277. The highest BCUT2D eigenvalue weighted by molar-refractivity contribution is 6.02. The molecule has 2 aliphatic carbocycles. The van der Waals surface area contributed by atoms with Crippen LogP contribution < -0.4 is 10.6 Å². The Hall–Kier alpha value is -3.08. The fourth-order valence-corrected chi connectivity index (χ4v) is 3.29. The number of anilines is 2. The van der Waals surface area contributed by atoms with Gasteiger partial charge in [-0.1, -0.05) is 35.9 Å². The van der Waals surface area contributed by atoms with E-state index in [0.717, 1.165) is 34.5 Å². The average Bonchev–Trinajstić information content (AvgIpc) is 3.19. The van der Waals surface area contributed by atoms with Crippen molar-refractivity contribution in [2.24, 2.45) is 5.92 Å². The molecule has 0 bridgehead atoms. The number of hydrogen-bond acceptors (Lipinski definition) is 2. The van der Waals surface area contributed by atoms with Crippen LogP contribution in [0.2, 0.25) is 0 Å². The molecule has 0 spiro atoms. The van der Waals surface area contributed by atoms with Crippen molar-refractivity contribution in [2.45, 2.75) is 20.3 Å². The van der Waals surface area contributed by atoms with Crippen LogP contribution in [0.4, 0.5) is 16.2 Å². The van der Waals surface area contributed by atoms with E-state index in [4.69, 9.17) is 0 Å². The predicted octanol–water partition coefficient (Wildman–Crippen LogP) is 4.57. The van der Waals surface area contributed by atoms with Crippen molar-refractivity contribution in [3.8, 4) is 0 Å². The fraction of sp³-hybridized carbons (Fsp3) is 0.200. The van der Waals surface area contributed by atoms with E-state index in [1.54, 1.807) is 6.20 Å². The molecule has 1 saturated carbocycles. The number of carbonyl (C=O) groups is 1. The van der Waals surface area contributed by atoms with Gasteiger partial charge in [-0.25, -0.2) is 4.79 Å². The summed E-state index contributed by atoms with van der Waals surface area (Å²) in [5.41, 5.74) is 7.04. The molecule has 1 heterocycles. The summed E-state index contributed by atoms with van der Waals surface area (Å²) in [6.07, 6.45) is 11.1. The first-order valence-electron chi connectivity index (χ1n) is 8.38. The first kappa shape index (κ1) is 15.4. The summed E-state index contributed by atoms with van der Waals surface area (Å²) in [4.78, 5) is 12.4. The number of rotatable bonds is 3. The predicted molar refractivity (Wildman–Crippen MR) is 100 cm³/mol. The van der Waals surface area contributed by atoms with Crippen molar-refractivity contribution in [2.75, 3.05) is 10.6 Å². The number of aromatic nitrogens is 2. The smallest absolute Gasteiger partial charge is 0.308 e. The number of carbonyl (C=O) groups excluding carboxylic acids is 1. The van der Waals surface area contributed by atoms with E-state index < -0.39 is 0 Å². The SMILES string of the molecule is Cc1cc(C)cc(NC(=O)Nc2cn[nH]c2C2=C3CC3C=CC=C2)c1. The standard InChI is InChI=1S/C20H20N4O/c1-12-7-13(2)9-15(8-12)22-20(25)23-18-11-21-24-19(18)16-6-4-3-5-14-10-17(14)16/h3-9,11,14H,10H2,1-2H3,(H,21,24)(H2,22,23,25). The number of fused-ring (bicyclic) bond motifs is 1. The maximum atomic E-state index is 12.4. The van der Waals surface area contributed by atoms with Gasteiger partial charge in [-0.05, 0) is 43.5 Å². The first-order valence-corrected chi connectivity index (χ1v) is 8.38. The number of benzene rings is 1. The molecule has 0 radical (unpaired) electrons. The molecule has 3 N–H and O–H groups in total. The Morgan fingerprint density at radius 2 is 1.96 bits per heavy atom. The number of aromatic amines is 1. The first-order chi connectivity index (χ1) is 12.1. The second-order valence-corrected chi connectivity index (χ2v) is 6.61. The number of nitrogens with one attached hydrogen (secondary N) is 3. The van der Waals surface area contributed by atoms with Gasteiger partial charge in [-0.2, -0.15) is 5.10 Å². The van der Waals surface area contributed by atoms with Crippen LogP contribution in [0.3, 0.4) is 0 Å². The third-order valence-electron chi connectivity index (χ3n) is 4.43. The Labute approximate surface area is 146 Å². The summed E-state index contributed by atoms with van der Waals surface area (Å²) in [7, 11) is 0. The molecule has 0 aliphatic heterocycles. The minimum atomic E-state index is -0.277. The quantitative estimate of drug-likeness (QED) is 0.770. The van der Waals surface area contributed by atoms with E-state index >= 15 is 0 Å². The molecule has 2 aromatic rings. The molecule has 1 atom stereocenters. The van der Waals surface area contributed by atoms with Crippen LogP contribution in [-0.2, 0) is 0 Å². The molecule has 1 aromatic carbocycles. The summed E-state index contributed by atoms with van der Waals surface area (Å²) in [6.45, 7) is 4.02. The van der Waals surface area contributed by atoms with Crippen LogP contribution in [0.15, 0.2) is 54.3 Å². The molecule has 5 nitrogen and oxygen atoms in total. The van der Waals surface area contributed by atoms with Crippen LogP contribution in [0.25, 0.3) is 5.57 Å². The maximum Gasteiger partial charge on any atom is 0.323 e. The van der Waals surface area contributed by atoms with Crippen LogP contribution in [0.1, 0.15) is 23.2 Å². The second-order valence-electron chi connectivity index (χ2n) is 6.61. The van der Waals surface area contributed by atoms with E-state index in [9.17, 15) is 4.79 Å². The lowest BCUT2D eigenvalue weighted by Gasteiger charge is -2.10. The van der Waals surface area contributed by atoms with Crippen molar-refractivity contribution < 1.29 is 4.79 Å². The monoisotopic (exact) mass is 332 g/mol. The Balaban J connectivity index is 1.53. The molecule has 5 heteroatoms. The number of H-pyrrole nitrogens is 1. The zero-order valence-electron chi connectivity index (χ0n) is 14.3. The lowest BCUT2D eigenvalue weighted by atomic mass is 10.1. The van der Waals surface area contributed by atoms with Crippen LogP contribution in [0, 0.1) is 19.8 Å². The van der Waals surface area contributed by atoms with Crippen LogP contribution in [-0.4, -0.2) is 16.2 Å². The third-order valence-corrected chi connectivity index (χ3v) is 4.43. The molecule has 0 saturated heterocycles. The van der Waals surface area contributed by atoms with Crippen molar-refractivity contribution in [1.82, 2.24) is 10.2 Å². The van der Waals surface area contributed by atoms with Crippen molar-refractivity contribution in [3.63, 3.8) is 0 Å². The molecular weight excluding hydrogens is 312 g/mol. The molecule has 2 aliphatic rings. The molecule has 25 heavy (non-hydrogen) atoms. The molecule has 2 amide bonds. The maximum absolute atomic E-state index is 12.4. The molecule has 1 unspecified atom stereocenters. The zero-order chi connectivity index (χ0) is 17.4. The molecule has 1 fully saturated rings. The van der Waals surface area contributed by atoms with Crippen molar-refractivity contribution in [3.05, 3.63) is 71.1 Å². The summed E-state index contributed by atoms with van der Waals surface area (Å²) in [6, 6.07) is 5.69. The highest BCUT2D eigenvalue weighted by Crippen LogP contribution is 2.46. The summed E-state index contributed by atoms with van der Waals surface area (Å²) in [5.74, 6) is 0.519. The number of aryl methyl sites for hydroxylation is 2. The molecule has 4 rings (SSSR count). The van der Waals surface area contributed by atoms with Gasteiger partial charge in [0.25, 0.3) is 0 Å². The highest BCUT2D eigenvalue weighted by Gasteiger charge is 2.32. The van der Waals surface area contributed by atoms with Crippen LogP contribution in [0.5, 0.6) is 0 Å². The Morgan fingerprint density at radius 1 is 1.16 bits per heavy atom. The highest BCUT2D eigenvalue weighted by atomic mass is 16.2. The number of urea groups is 1. The number of hydrogen-bond donors (Lipinski definition) is 3. The largest absolute Gasteiger partial charge is 0.323 e. The van der Waals surface area contributed by atoms with Gasteiger partial charge in [0, 0.05) is 17.2 Å². The molecule has 1 aromatic heterocycles. The van der Waals surface area contributed by atoms with Crippen LogP contribution >= 0.6 is 0 Å².